The van der Waals surface area contributed by atoms with Crippen LogP contribution >= 0.6 is 15.9 Å². The molecule has 2 aromatic rings. The molecule has 78 valence electrons. The number of ether oxygens (including phenoxy) is 1. The molecule has 0 amide bonds. The number of nitrogen functional groups attached to an aromatic ring is 1. The second-order valence-corrected chi connectivity index (χ2v) is 3.74. The molecule has 2 rings (SSSR count). The maximum Gasteiger partial charge on any atom is 0.239 e. The summed E-state index contributed by atoms with van der Waals surface area (Å²) in [7, 11) is 1.62. The lowest BCUT2D eigenvalue weighted by atomic mass is 10.2. The Labute approximate surface area is 94.8 Å². The highest BCUT2D eigenvalue weighted by molar-refractivity contribution is 9.10. The highest BCUT2D eigenvalue weighted by Crippen LogP contribution is 2.29. The molecule has 3 N–H and O–H groups in total. The molecule has 1 aromatic carbocycles. The first-order valence-electron chi connectivity index (χ1n) is 4.22. The predicted molar refractivity (Wildman–Crippen MR) is 60.5 cm³/mol. The first-order chi connectivity index (χ1) is 7.20. The molecule has 0 saturated carbocycles. The molecule has 0 radical (unpaired) electrons. The van der Waals surface area contributed by atoms with Crippen LogP contribution in [0.3, 0.4) is 0 Å². The van der Waals surface area contributed by atoms with Crippen LogP contribution in [0, 0.1) is 0 Å². The Kier molecular flexibility index (Phi) is 2.59. The summed E-state index contributed by atoms with van der Waals surface area (Å²) < 4.78 is 5.96. The number of methoxy groups -OCH3 is 1. The van der Waals surface area contributed by atoms with E-state index >= 15 is 0 Å². The van der Waals surface area contributed by atoms with E-state index in [4.69, 9.17) is 10.5 Å². The Morgan fingerprint density at radius 1 is 1.47 bits per heavy atom. The summed E-state index contributed by atoms with van der Waals surface area (Å²) in [6.45, 7) is 0. The van der Waals surface area contributed by atoms with Crippen LogP contribution in [0.15, 0.2) is 22.7 Å². The molecular weight excluding hydrogens is 260 g/mol. The summed E-state index contributed by atoms with van der Waals surface area (Å²) in [5.41, 5.74) is 6.32. The van der Waals surface area contributed by atoms with Gasteiger partial charge in [0.05, 0.1) is 7.11 Å². The van der Waals surface area contributed by atoms with Crippen molar-refractivity contribution >= 4 is 21.9 Å². The molecule has 0 saturated heterocycles. The summed E-state index contributed by atoms with van der Waals surface area (Å²) in [6.07, 6.45) is 0. The normalized spacial score (nSPS) is 10.3. The first kappa shape index (κ1) is 9.97. The zero-order chi connectivity index (χ0) is 10.8. The van der Waals surface area contributed by atoms with Crippen LogP contribution in [0.5, 0.6) is 5.75 Å². The second-order valence-electron chi connectivity index (χ2n) is 2.89. The van der Waals surface area contributed by atoms with Crippen LogP contribution in [-0.2, 0) is 0 Å². The summed E-state index contributed by atoms with van der Waals surface area (Å²) in [6, 6.07) is 5.58. The number of aromatic nitrogens is 3. The van der Waals surface area contributed by atoms with Gasteiger partial charge in [0.25, 0.3) is 0 Å². The lowest BCUT2D eigenvalue weighted by Gasteiger charge is -2.03. The van der Waals surface area contributed by atoms with Gasteiger partial charge in [-0.1, -0.05) is 0 Å². The molecule has 0 spiro atoms. The van der Waals surface area contributed by atoms with Crippen LogP contribution in [0.4, 0.5) is 5.95 Å². The van der Waals surface area contributed by atoms with E-state index in [9.17, 15) is 0 Å². The van der Waals surface area contributed by atoms with Crippen molar-refractivity contribution in [2.45, 2.75) is 0 Å². The SMILES string of the molecule is COc1ccc(-c2nc(N)n[nH]2)c(Br)c1. The van der Waals surface area contributed by atoms with E-state index in [1.54, 1.807) is 7.11 Å². The number of aromatic amines is 1. The quantitative estimate of drug-likeness (QED) is 0.871. The van der Waals surface area contributed by atoms with Gasteiger partial charge >= 0.3 is 0 Å². The van der Waals surface area contributed by atoms with Crippen LogP contribution in [0.1, 0.15) is 0 Å². The van der Waals surface area contributed by atoms with E-state index in [1.807, 2.05) is 18.2 Å². The fourth-order valence-electron chi connectivity index (χ4n) is 1.21. The fourth-order valence-corrected chi connectivity index (χ4v) is 1.76. The molecule has 0 bridgehead atoms. The van der Waals surface area contributed by atoms with Crippen LogP contribution in [-0.4, -0.2) is 22.3 Å². The lowest BCUT2D eigenvalue weighted by Crippen LogP contribution is -1.87. The minimum atomic E-state index is 0.229. The number of nitrogens with two attached hydrogens (primary N) is 1. The summed E-state index contributed by atoms with van der Waals surface area (Å²) in [4.78, 5) is 4.04. The number of nitrogens with one attached hydrogen (secondary N) is 1. The van der Waals surface area contributed by atoms with Gasteiger partial charge in [0.1, 0.15) is 5.75 Å². The Morgan fingerprint density at radius 3 is 2.80 bits per heavy atom. The predicted octanol–water partition coefficient (Wildman–Crippen LogP) is 1.82. The number of hydrogen-bond acceptors (Lipinski definition) is 4. The van der Waals surface area contributed by atoms with Crippen molar-refractivity contribution < 1.29 is 4.74 Å². The van der Waals surface area contributed by atoms with E-state index in [0.29, 0.717) is 5.82 Å². The van der Waals surface area contributed by atoms with E-state index in [2.05, 4.69) is 31.1 Å². The number of nitrogens with zero attached hydrogens (tertiary/aromatic N) is 2. The van der Waals surface area contributed by atoms with Crippen LogP contribution in [0.25, 0.3) is 11.4 Å². The van der Waals surface area contributed by atoms with Gasteiger partial charge in [0.15, 0.2) is 5.82 Å². The molecule has 1 aromatic heterocycles. The number of benzene rings is 1. The molecule has 0 atom stereocenters. The number of anilines is 1. The Morgan fingerprint density at radius 2 is 2.27 bits per heavy atom. The molecular formula is C9H9BrN4O. The highest BCUT2D eigenvalue weighted by Gasteiger charge is 2.08. The monoisotopic (exact) mass is 268 g/mol. The Balaban J connectivity index is 2.45. The molecule has 0 unspecified atom stereocenters. The second kappa shape index (κ2) is 3.90. The first-order valence-corrected chi connectivity index (χ1v) is 5.02. The topological polar surface area (TPSA) is 76.8 Å². The van der Waals surface area contributed by atoms with Crippen LogP contribution < -0.4 is 10.5 Å². The molecule has 15 heavy (non-hydrogen) atoms. The van der Waals surface area contributed by atoms with Crippen molar-refractivity contribution in [1.82, 2.24) is 15.2 Å². The summed E-state index contributed by atoms with van der Waals surface area (Å²) in [5, 5.41) is 6.51. The zero-order valence-electron chi connectivity index (χ0n) is 7.99. The molecule has 0 aliphatic rings. The van der Waals surface area contributed by atoms with Gasteiger partial charge in [-0.3, -0.25) is 5.10 Å². The third-order valence-electron chi connectivity index (χ3n) is 1.93. The smallest absolute Gasteiger partial charge is 0.239 e. The largest absolute Gasteiger partial charge is 0.497 e. The average Bonchev–Trinajstić information content (AvgIpc) is 2.64. The molecule has 6 heteroatoms. The fraction of sp³-hybridized carbons (Fsp3) is 0.111. The van der Waals surface area contributed by atoms with Gasteiger partial charge in [0, 0.05) is 10.0 Å². The van der Waals surface area contributed by atoms with Gasteiger partial charge < -0.3 is 10.5 Å². The minimum Gasteiger partial charge on any atom is -0.497 e. The van der Waals surface area contributed by atoms with Crippen LogP contribution in [0.2, 0.25) is 0 Å². The molecule has 0 aliphatic heterocycles. The molecule has 0 fully saturated rings. The maximum absolute atomic E-state index is 5.43. The summed E-state index contributed by atoms with van der Waals surface area (Å²) >= 11 is 3.43. The Hall–Kier alpha value is -1.56. The number of H-pyrrole nitrogens is 1. The summed E-state index contributed by atoms with van der Waals surface area (Å²) in [5.74, 6) is 1.63. The van der Waals surface area contributed by atoms with E-state index in [-0.39, 0.29) is 5.95 Å². The third-order valence-corrected chi connectivity index (χ3v) is 2.59. The lowest BCUT2D eigenvalue weighted by molar-refractivity contribution is 0.414. The van der Waals surface area contributed by atoms with E-state index < -0.39 is 0 Å². The van der Waals surface area contributed by atoms with Gasteiger partial charge in [-0.05, 0) is 34.1 Å². The average molecular weight is 269 g/mol. The molecule has 1 heterocycles. The third kappa shape index (κ3) is 1.94. The van der Waals surface area contributed by atoms with Gasteiger partial charge in [-0.2, -0.15) is 4.98 Å². The van der Waals surface area contributed by atoms with Crippen molar-refractivity contribution in [3.05, 3.63) is 22.7 Å². The Bertz CT molecular complexity index is 483. The molecule has 0 aliphatic carbocycles. The van der Waals surface area contributed by atoms with Crippen molar-refractivity contribution in [3.63, 3.8) is 0 Å². The number of hydrogen-bond donors (Lipinski definition) is 2. The van der Waals surface area contributed by atoms with E-state index in [0.717, 1.165) is 15.8 Å². The van der Waals surface area contributed by atoms with Gasteiger partial charge in [0.2, 0.25) is 5.95 Å². The van der Waals surface area contributed by atoms with Gasteiger partial charge in [-0.15, -0.1) is 5.10 Å². The zero-order valence-corrected chi connectivity index (χ0v) is 9.58. The maximum atomic E-state index is 5.43. The van der Waals surface area contributed by atoms with Crippen molar-refractivity contribution in [3.8, 4) is 17.1 Å². The number of rotatable bonds is 2. The van der Waals surface area contributed by atoms with Gasteiger partial charge in [-0.25, -0.2) is 0 Å². The van der Waals surface area contributed by atoms with Crippen molar-refractivity contribution in [2.24, 2.45) is 0 Å². The van der Waals surface area contributed by atoms with E-state index in [1.165, 1.54) is 0 Å². The molecule has 5 nitrogen and oxygen atoms in total. The van der Waals surface area contributed by atoms with Crippen molar-refractivity contribution in [1.29, 1.82) is 0 Å². The standard InChI is InChI=1S/C9H9BrN4O/c1-15-5-2-3-6(7(10)4-5)8-12-9(11)14-13-8/h2-4H,1H3,(H3,11,12,13,14). The number of halogens is 1. The highest BCUT2D eigenvalue weighted by atomic mass is 79.9. The minimum absolute atomic E-state index is 0.229. The van der Waals surface area contributed by atoms with Crippen molar-refractivity contribution in [2.75, 3.05) is 12.8 Å².